The molecule has 0 unspecified atom stereocenters. The standard InChI is InChI=1S/C25H48O4/c1-22(2)12-5-8-18-28-19-9-6-13-24(26)15-11-16-25(27)14-7-10-20-29-21-17-23(3)4/h22-23H,5-21H2,1-4H3. The van der Waals surface area contributed by atoms with Crippen LogP contribution in [0.1, 0.15) is 111 Å². The van der Waals surface area contributed by atoms with Crippen LogP contribution in [0.5, 0.6) is 0 Å². The lowest BCUT2D eigenvalue weighted by molar-refractivity contribution is -0.120. The van der Waals surface area contributed by atoms with E-state index in [1.165, 1.54) is 12.8 Å². The van der Waals surface area contributed by atoms with Crippen molar-refractivity contribution in [1.29, 1.82) is 0 Å². The fourth-order valence-corrected chi connectivity index (χ4v) is 3.07. The molecule has 172 valence electrons. The van der Waals surface area contributed by atoms with Gasteiger partial charge in [-0.25, -0.2) is 0 Å². The molecule has 0 heterocycles. The highest BCUT2D eigenvalue weighted by Gasteiger charge is 2.06. The van der Waals surface area contributed by atoms with Gasteiger partial charge in [0.05, 0.1) is 0 Å². The van der Waals surface area contributed by atoms with Crippen molar-refractivity contribution in [2.24, 2.45) is 11.8 Å². The first kappa shape index (κ1) is 28.3. The highest BCUT2D eigenvalue weighted by atomic mass is 16.5. The zero-order valence-electron chi connectivity index (χ0n) is 19.8. The van der Waals surface area contributed by atoms with Crippen molar-refractivity contribution in [3.63, 3.8) is 0 Å². The first-order valence-corrected chi connectivity index (χ1v) is 12.1. The van der Waals surface area contributed by atoms with Gasteiger partial charge in [0.2, 0.25) is 0 Å². The van der Waals surface area contributed by atoms with Crippen molar-refractivity contribution in [2.75, 3.05) is 26.4 Å². The van der Waals surface area contributed by atoms with Gasteiger partial charge in [0, 0.05) is 52.1 Å². The van der Waals surface area contributed by atoms with E-state index in [1.54, 1.807) is 0 Å². The van der Waals surface area contributed by atoms with E-state index in [0.717, 1.165) is 70.9 Å². The average Bonchev–Trinajstić information content (AvgIpc) is 2.65. The van der Waals surface area contributed by atoms with E-state index >= 15 is 0 Å². The molecule has 0 radical (unpaired) electrons. The Morgan fingerprint density at radius 2 is 0.931 bits per heavy atom. The van der Waals surface area contributed by atoms with Crippen molar-refractivity contribution in [3.8, 4) is 0 Å². The van der Waals surface area contributed by atoms with E-state index in [9.17, 15) is 9.59 Å². The van der Waals surface area contributed by atoms with Crippen LogP contribution >= 0.6 is 0 Å². The second kappa shape index (κ2) is 20.5. The maximum Gasteiger partial charge on any atom is 0.132 e. The molecule has 0 atom stereocenters. The van der Waals surface area contributed by atoms with E-state index < -0.39 is 0 Å². The normalized spacial score (nSPS) is 11.5. The molecule has 4 heteroatoms. The first-order valence-electron chi connectivity index (χ1n) is 12.1. The van der Waals surface area contributed by atoms with Gasteiger partial charge in [0.1, 0.15) is 11.6 Å². The second-order valence-electron chi connectivity index (χ2n) is 9.14. The molecule has 0 spiro atoms. The number of hydrogen-bond acceptors (Lipinski definition) is 4. The van der Waals surface area contributed by atoms with Crippen molar-refractivity contribution >= 4 is 11.6 Å². The molecule has 0 saturated carbocycles. The molecule has 0 aromatic rings. The Kier molecular flexibility index (Phi) is 20.0. The summed E-state index contributed by atoms with van der Waals surface area (Å²) in [5, 5.41) is 0. The molecular weight excluding hydrogens is 364 g/mol. The average molecular weight is 413 g/mol. The third kappa shape index (κ3) is 23.4. The lowest BCUT2D eigenvalue weighted by Gasteiger charge is -2.06. The van der Waals surface area contributed by atoms with Gasteiger partial charge in [-0.15, -0.1) is 0 Å². The molecule has 29 heavy (non-hydrogen) atoms. The lowest BCUT2D eigenvalue weighted by Crippen LogP contribution is -2.04. The van der Waals surface area contributed by atoms with E-state index in [4.69, 9.17) is 9.47 Å². The van der Waals surface area contributed by atoms with E-state index in [2.05, 4.69) is 27.7 Å². The zero-order chi connectivity index (χ0) is 21.7. The predicted molar refractivity (Wildman–Crippen MR) is 121 cm³/mol. The van der Waals surface area contributed by atoms with Gasteiger partial charge in [0.25, 0.3) is 0 Å². The van der Waals surface area contributed by atoms with Crippen molar-refractivity contribution in [1.82, 2.24) is 0 Å². The Morgan fingerprint density at radius 1 is 0.517 bits per heavy atom. The second-order valence-corrected chi connectivity index (χ2v) is 9.14. The number of ether oxygens (including phenoxy) is 2. The highest BCUT2D eigenvalue weighted by Crippen LogP contribution is 2.09. The van der Waals surface area contributed by atoms with Crippen LogP contribution in [0.25, 0.3) is 0 Å². The third-order valence-corrected chi connectivity index (χ3v) is 5.06. The molecule has 0 aliphatic rings. The Balaban J connectivity index is 3.34. The van der Waals surface area contributed by atoms with E-state index in [0.29, 0.717) is 38.0 Å². The highest BCUT2D eigenvalue weighted by molar-refractivity contribution is 5.81. The van der Waals surface area contributed by atoms with Crippen LogP contribution in [0.3, 0.4) is 0 Å². The molecule has 0 aromatic carbocycles. The molecule has 0 bridgehead atoms. The number of carbonyl (C=O) groups excluding carboxylic acids is 2. The minimum atomic E-state index is 0.283. The zero-order valence-corrected chi connectivity index (χ0v) is 19.8. The molecule has 0 aliphatic heterocycles. The number of Topliss-reactive ketones (excluding diaryl/α,β-unsaturated/α-hetero) is 2. The van der Waals surface area contributed by atoms with Gasteiger partial charge in [-0.1, -0.05) is 40.5 Å². The van der Waals surface area contributed by atoms with Gasteiger partial charge in [-0.2, -0.15) is 0 Å². The minimum Gasteiger partial charge on any atom is -0.381 e. The summed E-state index contributed by atoms with van der Waals surface area (Å²) >= 11 is 0. The summed E-state index contributed by atoms with van der Waals surface area (Å²) in [4.78, 5) is 23.8. The minimum absolute atomic E-state index is 0.283. The summed E-state index contributed by atoms with van der Waals surface area (Å²) in [6.07, 6.45) is 11.5. The van der Waals surface area contributed by atoms with Crippen LogP contribution in [-0.2, 0) is 19.1 Å². The fraction of sp³-hybridized carbons (Fsp3) is 0.920. The number of ketones is 2. The van der Waals surface area contributed by atoms with Crippen molar-refractivity contribution in [2.45, 2.75) is 111 Å². The summed E-state index contributed by atoms with van der Waals surface area (Å²) in [6.45, 7) is 12.1. The monoisotopic (exact) mass is 412 g/mol. The lowest BCUT2D eigenvalue weighted by atomic mass is 10.0. The quantitative estimate of drug-likeness (QED) is 0.189. The molecule has 0 aromatic heterocycles. The summed E-state index contributed by atoms with van der Waals surface area (Å²) in [5.74, 6) is 2.02. The number of hydrogen-bond donors (Lipinski definition) is 0. The van der Waals surface area contributed by atoms with Gasteiger partial charge in [-0.3, -0.25) is 9.59 Å². The predicted octanol–water partition coefficient (Wildman–Crippen LogP) is 6.54. The van der Waals surface area contributed by atoms with Gasteiger partial charge >= 0.3 is 0 Å². The van der Waals surface area contributed by atoms with Crippen LogP contribution in [0, 0.1) is 11.8 Å². The fourth-order valence-electron chi connectivity index (χ4n) is 3.07. The van der Waals surface area contributed by atoms with Crippen molar-refractivity contribution < 1.29 is 19.1 Å². The maximum atomic E-state index is 11.9. The Morgan fingerprint density at radius 3 is 1.41 bits per heavy atom. The van der Waals surface area contributed by atoms with Gasteiger partial charge < -0.3 is 9.47 Å². The molecule has 0 rings (SSSR count). The van der Waals surface area contributed by atoms with Crippen molar-refractivity contribution in [3.05, 3.63) is 0 Å². The molecule has 4 nitrogen and oxygen atoms in total. The largest absolute Gasteiger partial charge is 0.381 e. The third-order valence-electron chi connectivity index (χ3n) is 5.06. The topological polar surface area (TPSA) is 52.6 Å². The SMILES string of the molecule is CC(C)CCCCOCCCCC(=O)CCCC(=O)CCCCOCCC(C)C. The van der Waals surface area contributed by atoms with Crippen LogP contribution in [0.2, 0.25) is 0 Å². The Hall–Kier alpha value is -0.740. The molecule has 0 amide bonds. The molecule has 0 fully saturated rings. The maximum absolute atomic E-state index is 11.9. The smallest absolute Gasteiger partial charge is 0.132 e. The van der Waals surface area contributed by atoms with Crippen LogP contribution < -0.4 is 0 Å². The summed E-state index contributed by atoms with van der Waals surface area (Å²) < 4.78 is 11.2. The molecule has 0 N–H and O–H groups in total. The first-order chi connectivity index (χ1) is 13.9. The van der Waals surface area contributed by atoms with Gasteiger partial charge in [-0.05, 0) is 56.8 Å². The van der Waals surface area contributed by atoms with E-state index in [1.807, 2.05) is 0 Å². The molecule has 0 saturated heterocycles. The van der Waals surface area contributed by atoms with Crippen LogP contribution in [-0.4, -0.2) is 38.0 Å². The Labute approximate surface area is 180 Å². The summed E-state index contributed by atoms with van der Waals surface area (Å²) in [6, 6.07) is 0. The van der Waals surface area contributed by atoms with Gasteiger partial charge in [0.15, 0.2) is 0 Å². The molecular formula is C25H48O4. The number of rotatable bonds is 22. The molecule has 0 aliphatic carbocycles. The van der Waals surface area contributed by atoms with E-state index in [-0.39, 0.29) is 11.6 Å². The summed E-state index contributed by atoms with van der Waals surface area (Å²) in [5.41, 5.74) is 0. The number of carbonyl (C=O) groups is 2. The van der Waals surface area contributed by atoms with Crippen LogP contribution in [0.4, 0.5) is 0 Å². The number of unbranched alkanes of at least 4 members (excludes halogenated alkanes) is 3. The van der Waals surface area contributed by atoms with Crippen LogP contribution in [0.15, 0.2) is 0 Å². The Bertz CT molecular complexity index is 390. The summed E-state index contributed by atoms with van der Waals surface area (Å²) in [7, 11) is 0.